The number of hydrogen-bond donors (Lipinski definition) is 0. The largest absolute Gasteiger partial charge is 0.497 e. The van der Waals surface area contributed by atoms with Gasteiger partial charge in [0.1, 0.15) is 23.0 Å². The predicted octanol–water partition coefficient (Wildman–Crippen LogP) is 6.41. The first-order valence-electron chi connectivity index (χ1n) is 15.6. The molecule has 5 aromatic rings. The van der Waals surface area contributed by atoms with Gasteiger partial charge in [0.05, 0.1) is 26.7 Å². The van der Waals surface area contributed by atoms with Crippen LogP contribution in [0, 0.1) is 0 Å². The summed E-state index contributed by atoms with van der Waals surface area (Å²) in [7, 11) is -5.24. The number of hydrogen-bond acceptors (Lipinski definition) is 10. The molecule has 0 saturated carbocycles. The van der Waals surface area contributed by atoms with Gasteiger partial charge in [-0.05, 0) is 52.6 Å². The molecule has 0 fully saturated rings. The first-order valence-corrected chi connectivity index (χ1v) is 19.2. The van der Waals surface area contributed by atoms with Gasteiger partial charge >= 0.3 is 0 Å². The quantitative estimate of drug-likeness (QED) is 0.150. The zero-order chi connectivity index (χ0) is 35.3. The van der Waals surface area contributed by atoms with E-state index in [4.69, 9.17) is 27.3 Å². The molecule has 0 bridgehead atoms. The van der Waals surface area contributed by atoms with Gasteiger partial charge in [-0.3, -0.25) is 0 Å². The highest BCUT2D eigenvalue weighted by Crippen LogP contribution is 2.62. The van der Waals surface area contributed by atoms with Gasteiger partial charge in [0.2, 0.25) is 0 Å². The normalized spacial score (nSPS) is 22.6. The lowest BCUT2D eigenvalue weighted by atomic mass is 9.76. The molecule has 0 N–H and O–H groups in total. The summed E-state index contributed by atoms with van der Waals surface area (Å²) in [5.41, 5.74) is -0.661. The molecule has 10 nitrogen and oxygen atoms in total. The van der Waals surface area contributed by atoms with E-state index in [1.165, 1.54) is 0 Å². The summed E-state index contributed by atoms with van der Waals surface area (Å²) in [4.78, 5) is 0. The third-order valence-electron chi connectivity index (χ3n) is 8.92. The van der Waals surface area contributed by atoms with Crippen molar-refractivity contribution >= 4 is 20.2 Å². The smallest absolute Gasteiger partial charge is 0.265 e. The van der Waals surface area contributed by atoms with Crippen molar-refractivity contribution < 1.29 is 44.1 Å². The third kappa shape index (κ3) is 5.77. The number of ether oxygens (including phenoxy) is 4. The molecule has 258 valence electrons. The molecule has 4 atom stereocenters. The minimum Gasteiger partial charge on any atom is -0.497 e. The molecular weight excluding hydrogens is 681 g/mol. The van der Waals surface area contributed by atoms with Gasteiger partial charge in [0.25, 0.3) is 20.2 Å². The Morgan fingerprint density at radius 3 is 1.20 bits per heavy atom. The van der Waals surface area contributed by atoms with Gasteiger partial charge in [-0.15, -0.1) is 0 Å². The van der Waals surface area contributed by atoms with E-state index in [0.29, 0.717) is 44.9 Å². The average molecular weight is 715 g/mol. The topological polar surface area (TPSA) is 124 Å². The van der Waals surface area contributed by atoms with Gasteiger partial charge in [0.15, 0.2) is 23.4 Å². The molecule has 0 amide bonds. The predicted molar refractivity (Wildman–Crippen MR) is 185 cm³/mol. The van der Waals surface area contributed by atoms with Crippen LogP contribution in [0.4, 0.5) is 0 Å². The lowest BCUT2D eigenvalue weighted by Crippen LogP contribution is -2.39. The number of benzene rings is 5. The molecular formula is C38H34O10S2. The number of fused-ring (bicyclic) bond motifs is 2. The maximum Gasteiger partial charge on any atom is 0.265 e. The minimum atomic E-state index is -4.17. The average Bonchev–Trinajstić information content (AvgIpc) is 3.59. The van der Waals surface area contributed by atoms with E-state index in [1.807, 2.05) is 12.1 Å². The Morgan fingerprint density at radius 2 is 0.880 bits per heavy atom. The third-order valence-corrected chi connectivity index (χ3v) is 10.0. The Morgan fingerprint density at radius 1 is 0.520 bits per heavy atom. The van der Waals surface area contributed by atoms with Crippen molar-refractivity contribution in [2.75, 3.05) is 26.7 Å². The summed E-state index contributed by atoms with van der Waals surface area (Å²) < 4.78 is 89.6. The lowest BCUT2D eigenvalue weighted by molar-refractivity contribution is 0.0165. The van der Waals surface area contributed by atoms with Crippen molar-refractivity contribution in [3.8, 4) is 23.0 Å². The van der Waals surface area contributed by atoms with Gasteiger partial charge in [0, 0.05) is 17.2 Å². The van der Waals surface area contributed by atoms with Crippen LogP contribution in [-0.2, 0) is 39.8 Å². The summed E-state index contributed by atoms with van der Waals surface area (Å²) in [5, 5.41) is 0. The van der Waals surface area contributed by atoms with Crippen LogP contribution in [0.3, 0.4) is 0 Å². The standard InChI is InChI=1S/C38H34O10S2/c1-43-29-19-15-25(16-20-29)35-37(47-49(3,39)40,27-11-7-5-8-12-27)31-23-32-34(24-33(31)45-35)46-36(26-17-21-30(44-2)22-18-26)38(32,48-50(4,41)42)28-13-9-6-10-14-28/h5-24,35-36H,1-4H3. The Bertz CT molecular complexity index is 2080. The van der Waals surface area contributed by atoms with Crippen LogP contribution < -0.4 is 18.9 Å². The molecule has 2 aliphatic rings. The van der Waals surface area contributed by atoms with E-state index in [1.54, 1.807) is 123 Å². The molecule has 2 aliphatic heterocycles. The van der Waals surface area contributed by atoms with Crippen molar-refractivity contribution in [1.29, 1.82) is 0 Å². The number of methoxy groups -OCH3 is 2. The molecule has 12 heteroatoms. The lowest BCUT2D eigenvalue weighted by Gasteiger charge is -2.35. The minimum absolute atomic E-state index is 0.286. The first kappa shape index (κ1) is 33.6. The van der Waals surface area contributed by atoms with Gasteiger partial charge in [-0.1, -0.05) is 84.9 Å². The molecule has 0 aliphatic carbocycles. The summed E-state index contributed by atoms with van der Waals surface area (Å²) in [6.07, 6.45) is -0.0551. The SMILES string of the molecule is COc1ccc(C2Oc3cc4c(cc3C2(OS(C)(=O)=O)c2ccccc2)C(OS(C)(=O)=O)(c2ccccc2)C(c2ccc(OC)cc2)O4)cc1. The fourth-order valence-corrected chi connectivity index (χ4v) is 8.44. The molecule has 7 rings (SSSR count). The van der Waals surface area contributed by atoms with Crippen LogP contribution in [0.1, 0.15) is 45.6 Å². The van der Waals surface area contributed by atoms with Gasteiger partial charge in [-0.25, -0.2) is 8.37 Å². The van der Waals surface area contributed by atoms with Crippen molar-refractivity contribution in [3.05, 3.63) is 155 Å². The van der Waals surface area contributed by atoms with Crippen molar-refractivity contribution in [2.24, 2.45) is 0 Å². The molecule has 5 aromatic carbocycles. The first-order chi connectivity index (χ1) is 23.9. The second-order valence-corrected chi connectivity index (χ2v) is 15.3. The van der Waals surface area contributed by atoms with Crippen LogP contribution in [0.25, 0.3) is 0 Å². The molecule has 0 spiro atoms. The second-order valence-electron chi connectivity index (χ2n) is 12.2. The Balaban J connectivity index is 1.54. The Hall–Kier alpha value is -4.88. The van der Waals surface area contributed by atoms with Gasteiger partial charge < -0.3 is 18.9 Å². The fraction of sp³-hybridized carbons (Fsp3) is 0.211. The second kappa shape index (κ2) is 12.5. The van der Waals surface area contributed by atoms with E-state index < -0.39 is 43.6 Å². The molecule has 0 saturated heterocycles. The van der Waals surface area contributed by atoms with Crippen LogP contribution in [0.15, 0.2) is 121 Å². The van der Waals surface area contributed by atoms with E-state index >= 15 is 0 Å². The van der Waals surface area contributed by atoms with Gasteiger partial charge in [-0.2, -0.15) is 16.8 Å². The maximum absolute atomic E-state index is 13.3. The van der Waals surface area contributed by atoms with Crippen LogP contribution in [0.2, 0.25) is 0 Å². The van der Waals surface area contributed by atoms with Crippen LogP contribution in [-0.4, -0.2) is 43.6 Å². The maximum atomic E-state index is 13.3. The summed E-state index contributed by atoms with van der Waals surface area (Å²) in [5.74, 6) is 1.77. The zero-order valence-electron chi connectivity index (χ0n) is 27.6. The molecule has 0 aromatic heterocycles. The highest BCUT2D eigenvalue weighted by molar-refractivity contribution is 7.86. The number of rotatable bonds is 10. The molecule has 2 heterocycles. The van der Waals surface area contributed by atoms with Crippen molar-refractivity contribution in [2.45, 2.75) is 23.4 Å². The summed E-state index contributed by atoms with van der Waals surface area (Å²) in [6, 6.07) is 35.3. The zero-order valence-corrected chi connectivity index (χ0v) is 29.2. The van der Waals surface area contributed by atoms with E-state index in [-0.39, 0.29) is 11.5 Å². The van der Waals surface area contributed by atoms with Crippen LogP contribution >= 0.6 is 0 Å². The highest BCUT2D eigenvalue weighted by atomic mass is 32.2. The highest BCUT2D eigenvalue weighted by Gasteiger charge is 2.60. The summed E-state index contributed by atoms with van der Waals surface area (Å²) in [6.45, 7) is 0. The molecule has 4 unspecified atom stereocenters. The monoisotopic (exact) mass is 714 g/mol. The van der Waals surface area contributed by atoms with Crippen molar-refractivity contribution in [1.82, 2.24) is 0 Å². The van der Waals surface area contributed by atoms with Crippen LogP contribution in [0.5, 0.6) is 23.0 Å². The Labute approximate surface area is 291 Å². The molecule has 50 heavy (non-hydrogen) atoms. The summed E-state index contributed by atoms with van der Waals surface area (Å²) >= 11 is 0. The van der Waals surface area contributed by atoms with E-state index in [0.717, 1.165) is 12.5 Å². The fourth-order valence-electron chi connectivity index (χ4n) is 6.94. The van der Waals surface area contributed by atoms with E-state index in [2.05, 4.69) is 0 Å². The van der Waals surface area contributed by atoms with E-state index in [9.17, 15) is 16.8 Å². The Kier molecular flexibility index (Phi) is 8.38. The molecule has 0 radical (unpaired) electrons. The van der Waals surface area contributed by atoms with Crippen molar-refractivity contribution in [3.63, 3.8) is 0 Å².